The van der Waals surface area contributed by atoms with Crippen LogP contribution in [-0.2, 0) is 38.8 Å². The zero-order valence-corrected chi connectivity index (χ0v) is 44.5. The third-order valence-corrected chi connectivity index (χ3v) is 18.6. The van der Waals surface area contributed by atoms with Crippen molar-refractivity contribution in [3.05, 3.63) is 109 Å². The lowest BCUT2D eigenvalue weighted by Crippen LogP contribution is -2.49. The van der Waals surface area contributed by atoms with Crippen LogP contribution in [-0.4, -0.2) is 108 Å². The number of esters is 1. The van der Waals surface area contributed by atoms with Crippen LogP contribution in [0, 0.1) is 23.2 Å². The number of benzene rings is 2. The first-order valence-corrected chi connectivity index (χ1v) is 27.7. The number of ketones is 2. The highest BCUT2D eigenvalue weighted by atomic mass is 16.6. The average Bonchev–Trinajstić information content (AvgIpc) is 3.94. The van der Waals surface area contributed by atoms with Crippen molar-refractivity contribution in [2.75, 3.05) is 65.3 Å². The van der Waals surface area contributed by atoms with Gasteiger partial charge in [-0.3, -0.25) is 24.1 Å². The zero-order valence-electron chi connectivity index (χ0n) is 44.5. The van der Waals surface area contributed by atoms with E-state index < -0.39 is 5.92 Å². The van der Waals surface area contributed by atoms with Gasteiger partial charge in [-0.25, -0.2) is 9.78 Å². The number of nitrogens with zero attached hydrogens (tertiary/aromatic N) is 6. The summed E-state index contributed by atoms with van der Waals surface area (Å²) in [6, 6.07) is 17.1. The first-order chi connectivity index (χ1) is 35.7. The smallest absolute Gasteiger partial charge is 0.415 e. The maximum Gasteiger partial charge on any atom is 0.415 e. The van der Waals surface area contributed by atoms with E-state index in [1.807, 2.05) is 57.1 Å². The molecule has 11 rings (SSSR count). The summed E-state index contributed by atoms with van der Waals surface area (Å²) >= 11 is 0. The summed E-state index contributed by atoms with van der Waals surface area (Å²) in [5, 5.41) is 0.883. The van der Waals surface area contributed by atoms with Crippen LogP contribution in [0.1, 0.15) is 137 Å². The molecule has 5 heterocycles. The number of ether oxygens (including phenoxy) is 2. The summed E-state index contributed by atoms with van der Waals surface area (Å²) in [6.45, 7) is 11.9. The largest absolute Gasteiger partial charge is 0.460 e. The number of allylic oxidation sites excluding steroid dienone is 4. The number of anilines is 1. The van der Waals surface area contributed by atoms with Crippen LogP contribution in [0.5, 0.6) is 5.75 Å². The summed E-state index contributed by atoms with van der Waals surface area (Å²) in [7, 11) is 6.18. The topological polar surface area (TPSA) is 135 Å². The van der Waals surface area contributed by atoms with E-state index in [9.17, 15) is 24.0 Å². The number of hydrogen-bond acceptors (Lipinski definition) is 11. The fourth-order valence-corrected chi connectivity index (χ4v) is 14.8. The van der Waals surface area contributed by atoms with Gasteiger partial charge >= 0.3 is 12.1 Å². The van der Waals surface area contributed by atoms with Crippen LogP contribution < -0.4 is 15.2 Å². The van der Waals surface area contributed by atoms with E-state index in [2.05, 4.69) is 59.0 Å². The molecule has 2 aromatic carbocycles. The number of hydrogen-bond donors (Lipinski definition) is 0. The van der Waals surface area contributed by atoms with Crippen molar-refractivity contribution in [2.45, 2.75) is 129 Å². The van der Waals surface area contributed by atoms with Crippen LogP contribution in [0.4, 0.5) is 10.5 Å². The second kappa shape index (κ2) is 20.3. The molecular weight excluding hydrogens is 929 g/mol. The first-order valence-electron chi connectivity index (χ1n) is 27.7. The standard InChI is InChI=1S/C61H74N6O7/c1-7-43-46-32-54-57-40(34-67(54)58(70)50(46)36-73-59(43)71)31-47-49(35-63(4)5)55(23-22-53(47)62-57)74-60(72)66-28-26-65(27-29-66)25-11-9-8-10-24-64(6)41-15-12-38(13-16-41)48-33-61(3)51(37(2)68)20-21-52(61)45-18-14-39-30-42(69)17-19-44(39)56(45)48/h12-13,15-16,22-23,30-32,43,45,48,51-52H,7-11,14,17-21,24-29,33-36H2,1-6H3/t43-,45+,48-,51-,52?,61-/m1/s1. The van der Waals surface area contributed by atoms with Crippen LogP contribution >= 0.6 is 0 Å². The highest BCUT2D eigenvalue weighted by Crippen LogP contribution is 2.65. The number of aromatic nitrogens is 2. The molecule has 4 aliphatic carbocycles. The fourth-order valence-electron chi connectivity index (χ4n) is 14.8. The van der Waals surface area contributed by atoms with E-state index in [1.165, 1.54) is 22.4 Å². The normalized spacial score (nSPS) is 25.2. The van der Waals surface area contributed by atoms with E-state index in [0.717, 1.165) is 129 Å². The Labute approximate surface area is 435 Å². The minimum atomic E-state index is -0.466. The number of amides is 1. The molecule has 74 heavy (non-hydrogen) atoms. The molecule has 6 atom stereocenters. The Morgan fingerprint density at radius 2 is 1.69 bits per heavy atom. The quantitative estimate of drug-likeness (QED) is 0.0778. The molecule has 13 nitrogen and oxygen atoms in total. The van der Waals surface area contributed by atoms with E-state index in [0.29, 0.717) is 68.0 Å². The van der Waals surface area contributed by atoms with Gasteiger partial charge in [0.05, 0.1) is 34.9 Å². The third kappa shape index (κ3) is 9.13. The predicted octanol–water partition coefficient (Wildman–Crippen LogP) is 9.96. The lowest BCUT2D eigenvalue weighted by molar-refractivity contribution is -0.148. The Morgan fingerprint density at radius 1 is 0.905 bits per heavy atom. The molecule has 4 aromatic rings. The van der Waals surface area contributed by atoms with Crippen LogP contribution in [0.15, 0.2) is 76.1 Å². The summed E-state index contributed by atoms with van der Waals surface area (Å²) in [4.78, 5) is 79.4. The van der Waals surface area contributed by atoms with Gasteiger partial charge < -0.3 is 28.7 Å². The molecule has 2 aromatic heterocycles. The van der Waals surface area contributed by atoms with E-state index in [4.69, 9.17) is 14.5 Å². The van der Waals surface area contributed by atoms with Gasteiger partial charge in [0.1, 0.15) is 18.1 Å². The molecule has 3 aliphatic heterocycles. The lowest BCUT2D eigenvalue weighted by atomic mass is 9.51. The molecule has 390 valence electrons. The molecule has 1 amide bonds. The second-order valence-electron chi connectivity index (χ2n) is 23.2. The van der Waals surface area contributed by atoms with Gasteiger partial charge in [0.25, 0.3) is 5.56 Å². The molecule has 7 aliphatic rings. The van der Waals surface area contributed by atoms with Gasteiger partial charge in [0, 0.05) is 86.8 Å². The Bertz CT molecular complexity index is 3040. The molecular formula is C61H74N6O7. The fraction of sp³-hybridized carbons (Fsp3) is 0.541. The van der Waals surface area contributed by atoms with Crippen molar-refractivity contribution < 1.29 is 28.7 Å². The number of unbranched alkanes of at least 4 members (excludes halogenated alkanes) is 3. The Balaban J connectivity index is 0.662. The van der Waals surface area contributed by atoms with Crippen LogP contribution in [0.2, 0.25) is 0 Å². The van der Waals surface area contributed by atoms with Gasteiger partial charge in [-0.05, 0) is 167 Å². The van der Waals surface area contributed by atoms with Crippen molar-refractivity contribution in [2.24, 2.45) is 23.2 Å². The molecule has 0 spiro atoms. The molecule has 2 saturated carbocycles. The van der Waals surface area contributed by atoms with Gasteiger partial charge in [0.15, 0.2) is 5.78 Å². The summed E-state index contributed by atoms with van der Waals surface area (Å²) in [5.41, 5.74) is 12.1. The summed E-state index contributed by atoms with van der Waals surface area (Å²) < 4.78 is 13.3. The molecule has 0 N–H and O–H groups in total. The molecule has 3 fully saturated rings. The van der Waals surface area contributed by atoms with Crippen molar-refractivity contribution in [1.82, 2.24) is 24.3 Å². The highest BCUT2D eigenvalue weighted by molar-refractivity contribution is 5.93. The number of carbonyl (C=O) groups is 4. The first kappa shape index (κ1) is 50.2. The van der Waals surface area contributed by atoms with Gasteiger partial charge in [-0.2, -0.15) is 0 Å². The van der Waals surface area contributed by atoms with E-state index >= 15 is 0 Å². The van der Waals surface area contributed by atoms with E-state index in [-0.39, 0.29) is 47.3 Å². The summed E-state index contributed by atoms with van der Waals surface area (Å²) in [6.07, 6.45) is 13.4. The monoisotopic (exact) mass is 1000 g/mol. The number of rotatable bonds is 14. The third-order valence-electron chi connectivity index (χ3n) is 18.6. The van der Waals surface area contributed by atoms with Crippen molar-refractivity contribution in [3.8, 4) is 17.1 Å². The number of pyridine rings is 2. The van der Waals surface area contributed by atoms with Crippen molar-refractivity contribution >= 4 is 40.2 Å². The molecule has 1 saturated heterocycles. The van der Waals surface area contributed by atoms with Crippen molar-refractivity contribution in [3.63, 3.8) is 0 Å². The van der Waals surface area contributed by atoms with Crippen LogP contribution in [0.25, 0.3) is 22.3 Å². The van der Waals surface area contributed by atoms with Gasteiger partial charge in [-0.1, -0.05) is 44.4 Å². The minimum Gasteiger partial charge on any atom is -0.460 e. The number of piperazine rings is 1. The van der Waals surface area contributed by atoms with Crippen molar-refractivity contribution in [1.29, 1.82) is 0 Å². The van der Waals surface area contributed by atoms with Gasteiger partial charge in [0.2, 0.25) is 0 Å². The predicted molar refractivity (Wildman–Crippen MR) is 287 cm³/mol. The lowest BCUT2D eigenvalue weighted by Gasteiger charge is -2.52. The van der Waals surface area contributed by atoms with E-state index in [1.54, 1.807) is 10.1 Å². The number of cyclic esters (lactones) is 1. The minimum absolute atomic E-state index is 0.0103. The molecule has 13 heteroatoms. The summed E-state index contributed by atoms with van der Waals surface area (Å²) in [5.74, 6) is 1.84. The SMILES string of the molecule is CC[C@H]1C(=O)OCc2c1cc1n(c2=O)Cc2cc3c(CN(C)C)c(OC(=O)N4CCN(CCCCCCN(C)c5ccc([C@H]6C[C@@]7(C)C(CC[C@@H]7C(C)=O)[C@@H]7CCC8=CC(=O)CCC8=C76)cc5)CC4)ccc3nc2-1. The maximum atomic E-state index is 13.7. The average molecular weight is 1000 g/mol. The second-order valence-corrected chi connectivity index (χ2v) is 23.2. The molecule has 1 unspecified atom stereocenters. The Kier molecular flexibility index (Phi) is 13.8. The molecule has 0 radical (unpaired) electrons. The number of carbonyl (C=O) groups excluding carboxylic acids is 4. The van der Waals surface area contributed by atoms with Gasteiger partial charge in [-0.15, -0.1) is 0 Å². The highest BCUT2D eigenvalue weighted by Gasteiger charge is 2.57. The maximum absolute atomic E-state index is 13.7. The van der Waals surface area contributed by atoms with Crippen LogP contribution in [0.3, 0.4) is 0 Å². The molecule has 0 bridgehead atoms. The number of Topliss-reactive ketones (excluding diaryl/α,β-unsaturated/α-hetero) is 1. The number of fused-ring (bicyclic) bond motifs is 9. The Hall–Kier alpha value is -5.92. The zero-order chi connectivity index (χ0) is 51.6. The Morgan fingerprint density at radius 3 is 2.45 bits per heavy atom.